The van der Waals surface area contributed by atoms with Crippen molar-refractivity contribution < 1.29 is 9.49 Å². The summed E-state index contributed by atoms with van der Waals surface area (Å²) in [6.45, 7) is 2.27. The highest BCUT2D eigenvalue weighted by Gasteiger charge is 2.14. The number of nitrogens with two attached hydrogens (primary N) is 1. The number of nitro benzene ring substituents is 1. The Balaban J connectivity index is 1.83. The summed E-state index contributed by atoms with van der Waals surface area (Å²) in [7, 11) is 1.94. The number of pyridine rings is 1. The molecular formula is C17H18N7O2+. The standard InChI is InChI=1S/C17H18N7O2/c1-12-3-4-14(16(9-12)24(25)26)20-21-15-10-19-23(17(15)18)11-13-5-7-22(2)8-6-13/h3-10H,11,18H2,1-2H3/q+1. The molecule has 9 heteroatoms. The SMILES string of the molecule is Cc1ccc(N=Nc2cnn(Cc3cc[n+](C)cc3)c2N)c([N+](=O)[O-])c1. The molecule has 0 atom stereocenters. The van der Waals surface area contributed by atoms with Gasteiger partial charge in [0.05, 0.1) is 17.7 Å². The zero-order chi connectivity index (χ0) is 18.7. The molecule has 0 aliphatic carbocycles. The minimum Gasteiger partial charge on any atom is -0.382 e. The fraction of sp³-hybridized carbons (Fsp3) is 0.176. The van der Waals surface area contributed by atoms with E-state index in [1.165, 1.54) is 12.3 Å². The Bertz CT molecular complexity index is 977. The first kappa shape index (κ1) is 17.2. The summed E-state index contributed by atoms with van der Waals surface area (Å²) in [5.41, 5.74) is 8.32. The van der Waals surface area contributed by atoms with E-state index in [2.05, 4.69) is 15.3 Å². The van der Waals surface area contributed by atoms with Crippen molar-refractivity contribution in [3.63, 3.8) is 0 Å². The Morgan fingerprint density at radius 3 is 2.62 bits per heavy atom. The van der Waals surface area contributed by atoms with Gasteiger partial charge in [-0.15, -0.1) is 10.2 Å². The molecule has 9 nitrogen and oxygen atoms in total. The lowest BCUT2D eigenvalue weighted by Crippen LogP contribution is -2.26. The predicted molar refractivity (Wildman–Crippen MR) is 95.4 cm³/mol. The van der Waals surface area contributed by atoms with E-state index >= 15 is 0 Å². The highest BCUT2D eigenvalue weighted by atomic mass is 16.6. The Morgan fingerprint density at radius 2 is 1.92 bits per heavy atom. The van der Waals surface area contributed by atoms with Gasteiger partial charge in [-0.2, -0.15) is 5.10 Å². The average molecular weight is 352 g/mol. The largest absolute Gasteiger partial charge is 0.382 e. The van der Waals surface area contributed by atoms with Crippen LogP contribution in [-0.2, 0) is 13.6 Å². The third-order valence-electron chi connectivity index (χ3n) is 3.83. The quantitative estimate of drug-likeness (QED) is 0.329. The molecule has 0 saturated heterocycles. The first-order chi connectivity index (χ1) is 12.4. The van der Waals surface area contributed by atoms with Crippen LogP contribution in [0.5, 0.6) is 0 Å². The molecule has 2 aromatic heterocycles. The van der Waals surface area contributed by atoms with Gasteiger partial charge in [-0.25, -0.2) is 9.25 Å². The van der Waals surface area contributed by atoms with Crippen LogP contribution in [-0.4, -0.2) is 14.7 Å². The van der Waals surface area contributed by atoms with Gasteiger partial charge >= 0.3 is 0 Å². The Morgan fingerprint density at radius 1 is 1.23 bits per heavy atom. The first-order valence-electron chi connectivity index (χ1n) is 7.86. The average Bonchev–Trinajstić information content (AvgIpc) is 2.96. The molecule has 0 aliphatic heterocycles. The second kappa shape index (κ2) is 7.09. The van der Waals surface area contributed by atoms with Crippen molar-refractivity contribution >= 4 is 22.9 Å². The number of rotatable bonds is 5. The van der Waals surface area contributed by atoms with Crippen LogP contribution in [0.2, 0.25) is 0 Å². The van der Waals surface area contributed by atoms with Gasteiger partial charge in [0.1, 0.15) is 18.6 Å². The molecule has 0 radical (unpaired) electrons. The van der Waals surface area contributed by atoms with Crippen LogP contribution in [0.3, 0.4) is 0 Å². The summed E-state index contributed by atoms with van der Waals surface area (Å²) < 4.78 is 3.54. The van der Waals surface area contributed by atoms with E-state index in [0.29, 0.717) is 18.1 Å². The number of nitro groups is 1. The normalized spacial score (nSPS) is 11.2. The molecule has 2 N–H and O–H groups in total. The molecular weight excluding hydrogens is 334 g/mol. The number of azo groups is 1. The molecule has 0 aliphatic rings. The molecule has 1 aromatic carbocycles. The van der Waals surface area contributed by atoms with Crippen LogP contribution in [0.25, 0.3) is 0 Å². The van der Waals surface area contributed by atoms with Crippen LogP contribution in [0, 0.1) is 17.0 Å². The fourth-order valence-electron chi connectivity index (χ4n) is 2.37. The predicted octanol–water partition coefficient (Wildman–Crippen LogP) is 2.97. The summed E-state index contributed by atoms with van der Waals surface area (Å²) in [4.78, 5) is 10.7. The van der Waals surface area contributed by atoms with Crippen molar-refractivity contribution in [1.29, 1.82) is 0 Å². The highest BCUT2D eigenvalue weighted by Crippen LogP contribution is 2.31. The maximum Gasteiger partial charge on any atom is 0.296 e. The first-order valence-corrected chi connectivity index (χ1v) is 7.86. The minimum absolute atomic E-state index is 0.100. The van der Waals surface area contributed by atoms with Crippen LogP contribution < -0.4 is 10.3 Å². The molecule has 3 aromatic rings. The zero-order valence-electron chi connectivity index (χ0n) is 14.4. The summed E-state index contributed by atoms with van der Waals surface area (Å²) in [6, 6.07) is 8.69. The lowest BCUT2D eigenvalue weighted by Gasteiger charge is -2.03. The fourth-order valence-corrected chi connectivity index (χ4v) is 2.37. The van der Waals surface area contributed by atoms with Crippen molar-refractivity contribution in [2.75, 3.05) is 5.73 Å². The number of aromatic nitrogens is 3. The Labute approximate surface area is 149 Å². The molecule has 132 valence electrons. The maximum atomic E-state index is 11.1. The van der Waals surface area contributed by atoms with Crippen LogP contribution in [0.15, 0.2) is 59.2 Å². The maximum absolute atomic E-state index is 11.1. The smallest absolute Gasteiger partial charge is 0.296 e. The molecule has 2 heterocycles. The Hall–Kier alpha value is -3.62. The number of anilines is 1. The van der Waals surface area contributed by atoms with Gasteiger partial charge in [0.25, 0.3) is 5.69 Å². The summed E-state index contributed by atoms with van der Waals surface area (Å²) in [5.74, 6) is 0.344. The van der Waals surface area contributed by atoms with Gasteiger partial charge in [-0.3, -0.25) is 10.1 Å². The van der Waals surface area contributed by atoms with Gasteiger partial charge in [0.2, 0.25) is 0 Å². The monoisotopic (exact) mass is 352 g/mol. The summed E-state index contributed by atoms with van der Waals surface area (Å²) in [6.07, 6.45) is 5.36. The van der Waals surface area contributed by atoms with E-state index < -0.39 is 4.92 Å². The van der Waals surface area contributed by atoms with Crippen LogP contribution in [0.4, 0.5) is 22.9 Å². The van der Waals surface area contributed by atoms with E-state index in [-0.39, 0.29) is 11.4 Å². The highest BCUT2D eigenvalue weighted by molar-refractivity contribution is 5.60. The van der Waals surface area contributed by atoms with Gasteiger partial charge in [-0.05, 0) is 24.1 Å². The summed E-state index contributed by atoms with van der Waals surface area (Å²) >= 11 is 0. The molecule has 0 saturated carbocycles. The van der Waals surface area contributed by atoms with Crippen LogP contribution in [0.1, 0.15) is 11.1 Å². The second-order valence-electron chi connectivity index (χ2n) is 5.89. The molecule has 0 amide bonds. The van der Waals surface area contributed by atoms with E-state index in [1.54, 1.807) is 23.7 Å². The zero-order valence-corrected chi connectivity index (χ0v) is 14.4. The third-order valence-corrected chi connectivity index (χ3v) is 3.83. The number of hydrogen-bond acceptors (Lipinski definition) is 6. The van der Waals surface area contributed by atoms with Crippen molar-refractivity contribution in [2.45, 2.75) is 13.5 Å². The number of hydrogen-bond donors (Lipinski definition) is 1. The molecule has 26 heavy (non-hydrogen) atoms. The molecule has 0 unspecified atom stereocenters. The second-order valence-corrected chi connectivity index (χ2v) is 5.89. The summed E-state index contributed by atoms with van der Waals surface area (Å²) in [5, 5.41) is 23.4. The van der Waals surface area contributed by atoms with Crippen LogP contribution >= 0.6 is 0 Å². The van der Waals surface area contributed by atoms with Gasteiger partial charge < -0.3 is 5.73 Å². The number of aryl methyl sites for hydroxylation is 2. The molecule has 3 rings (SSSR count). The lowest BCUT2D eigenvalue weighted by molar-refractivity contribution is -0.671. The van der Waals surface area contributed by atoms with E-state index in [0.717, 1.165) is 11.1 Å². The Kier molecular flexibility index (Phi) is 4.70. The van der Waals surface area contributed by atoms with Crippen molar-refractivity contribution in [3.8, 4) is 0 Å². The van der Waals surface area contributed by atoms with Crippen molar-refractivity contribution in [1.82, 2.24) is 9.78 Å². The number of nitrogens with zero attached hydrogens (tertiary/aromatic N) is 6. The van der Waals surface area contributed by atoms with Crippen molar-refractivity contribution in [2.24, 2.45) is 17.3 Å². The van der Waals surface area contributed by atoms with Crippen molar-refractivity contribution in [3.05, 3.63) is 70.2 Å². The minimum atomic E-state index is -0.483. The van der Waals surface area contributed by atoms with Gasteiger partial charge in [0, 0.05) is 18.2 Å². The lowest BCUT2D eigenvalue weighted by atomic mass is 10.2. The van der Waals surface area contributed by atoms with Gasteiger partial charge in [0.15, 0.2) is 18.1 Å². The van der Waals surface area contributed by atoms with E-state index in [4.69, 9.17) is 5.73 Å². The number of benzene rings is 1. The number of nitrogen functional groups attached to an aromatic ring is 1. The van der Waals surface area contributed by atoms with E-state index in [1.807, 2.05) is 36.1 Å². The molecule has 0 spiro atoms. The molecule has 0 bridgehead atoms. The topological polar surface area (TPSA) is 116 Å². The third kappa shape index (κ3) is 3.72. The van der Waals surface area contributed by atoms with Gasteiger partial charge in [-0.1, -0.05) is 6.07 Å². The molecule has 0 fully saturated rings. The van der Waals surface area contributed by atoms with E-state index in [9.17, 15) is 10.1 Å².